The third kappa shape index (κ3) is 4.79. The van der Waals surface area contributed by atoms with Crippen molar-refractivity contribution < 1.29 is 45.4 Å². The standard InChI is InChI=1S/C15H13F6NO4S/c16-14(17,18)13(15(19,20)21)26-11(23)10(27-13)6-7-22-12(24)25-8-9-4-2-1-3-5-9/h1-5,10H,6-8H2,(H,22,24). The number of nitrogens with one attached hydrogen (secondary N) is 1. The number of carbonyl (C=O) groups excluding carboxylic acids is 2. The number of thioether (sulfide) groups is 1. The maximum Gasteiger partial charge on any atom is 0.448 e. The minimum absolute atomic E-state index is 0.0713. The fraction of sp³-hybridized carbons (Fsp3) is 0.467. The van der Waals surface area contributed by atoms with E-state index in [-0.39, 0.29) is 13.2 Å². The van der Waals surface area contributed by atoms with Crippen molar-refractivity contribution >= 4 is 23.8 Å². The Hall–Kier alpha value is -2.11. The summed E-state index contributed by atoms with van der Waals surface area (Å²) in [5, 5.41) is 0.427. The second-order valence-corrected chi connectivity index (χ2v) is 6.80. The predicted molar refractivity (Wildman–Crippen MR) is 81.6 cm³/mol. The summed E-state index contributed by atoms with van der Waals surface area (Å²) in [5.41, 5.74) is 0.683. The topological polar surface area (TPSA) is 64.6 Å². The number of amides is 1. The molecular formula is C15H13F6NO4S. The molecule has 27 heavy (non-hydrogen) atoms. The summed E-state index contributed by atoms with van der Waals surface area (Å²) < 4.78 is 85.7. The van der Waals surface area contributed by atoms with Gasteiger partial charge in [-0.25, -0.2) is 4.79 Å². The first kappa shape index (κ1) is 21.2. The fourth-order valence-corrected chi connectivity index (χ4v) is 3.32. The predicted octanol–water partition coefficient (Wildman–Crippen LogP) is 3.78. The van der Waals surface area contributed by atoms with Crippen LogP contribution in [-0.4, -0.2) is 41.1 Å². The van der Waals surface area contributed by atoms with Gasteiger partial charge in [0.15, 0.2) is 0 Å². The molecule has 150 valence electrons. The van der Waals surface area contributed by atoms with Crippen LogP contribution in [0.25, 0.3) is 0 Å². The molecule has 1 fully saturated rings. The molecule has 1 aliphatic heterocycles. The smallest absolute Gasteiger partial charge is 0.445 e. The van der Waals surface area contributed by atoms with Crippen LogP contribution < -0.4 is 5.32 Å². The van der Waals surface area contributed by atoms with E-state index in [2.05, 4.69) is 10.1 Å². The van der Waals surface area contributed by atoms with Gasteiger partial charge in [-0.2, -0.15) is 26.3 Å². The number of cyclic esters (lactones) is 1. The number of halogens is 6. The lowest BCUT2D eigenvalue weighted by Crippen LogP contribution is -2.54. The third-order valence-corrected chi connectivity index (χ3v) is 5.04. The summed E-state index contributed by atoms with van der Waals surface area (Å²) in [5.74, 6) is -1.64. The van der Waals surface area contributed by atoms with Gasteiger partial charge in [0.25, 0.3) is 0 Å². The van der Waals surface area contributed by atoms with E-state index >= 15 is 0 Å². The van der Waals surface area contributed by atoms with Gasteiger partial charge in [-0.05, 0) is 12.0 Å². The maximum absolute atomic E-state index is 12.9. The monoisotopic (exact) mass is 417 g/mol. The van der Waals surface area contributed by atoms with Gasteiger partial charge in [-0.3, -0.25) is 4.79 Å². The molecule has 0 radical (unpaired) electrons. The number of carbonyl (C=O) groups is 2. The summed E-state index contributed by atoms with van der Waals surface area (Å²) >= 11 is -0.672. The van der Waals surface area contributed by atoms with Gasteiger partial charge in [0.05, 0.1) is 0 Å². The molecule has 0 spiro atoms. The summed E-state index contributed by atoms with van der Waals surface area (Å²) in [7, 11) is 0. The Morgan fingerprint density at radius 1 is 1.15 bits per heavy atom. The molecule has 1 unspecified atom stereocenters. The van der Waals surface area contributed by atoms with Gasteiger partial charge in [-0.1, -0.05) is 42.1 Å². The van der Waals surface area contributed by atoms with Crippen LogP contribution in [0.2, 0.25) is 0 Å². The molecule has 1 heterocycles. The van der Waals surface area contributed by atoms with Crippen LogP contribution in [0.3, 0.4) is 0 Å². The maximum atomic E-state index is 12.9. The van der Waals surface area contributed by atoms with Crippen molar-refractivity contribution in [2.75, 3.05) is 6.54 Å². The number of rotatable bonds is 5. The van der Waals surface area contributed by atoms with Gasteiger partial charge in [0.1, 0.15) is 11.9 Å². The lowest BCUT2D eigenvalue weighted by atomic mass is 10.2. The van der Waals surface area contributed by atoms with Gasteiger partial charge >= 0.3 is 29.3 Å². The van der Waals surface area contributed by atoms with Crippen molar-refractivity contribution in [1.82, 2.24) is 5.32 Å². The third-order valence-electron chi connectivity index (χ3n) is 3.45. The van der Waals surface area contributed by atoms with Gasteiger partial charge < -0.3 is 14.8 Å². The lowest BCUT2D eigenvalue weighted by Gasteiger charge is -2.30. The number of ether oxygens (including phenoxy) is 2. The van der Waals surface area contributed by atoms with Crippen LogP contribution in [0.1, 0.15) is 12.0 Å². The molecule has 1 N–H and O–H groups in total. The first-order chi connectivity index (χ1) is 12.5. The molecule has 12 heteroatoms. The Labute approximate surface area is 153 Å². The van der Waals surface area contributed by atoms with E-state index in [4.69, 9.17) is 4.74 Å². The lowest BCUT2D eigenvalue weighted by molar-refractivity contribution is -0.327. The second-order valence-electron chi connectivity index (χ2n) is 5.42. The number of alkyl carbamates (subject to hydrolysis) is 1. The van der Waals surface area contributed by atoms with Crippen molar-refractivity contribution in [3.63, 3.8) is 0 Å². The molecule has 2 rings (SSSR count). The summed E-state index contributed by atoms with van der Waals surface area (Å²) in [6.07, 6.45) is -13.1. The number of esters is 1. The molecule has 0 saturated carbocycles. The quantitative estimate of drug-likeness (QED) is 0.584. The van der Waals surface area contributed by atoms with Crippen molar-refractivity contribution in [1.29, 1.82) is 0 Å². The second kappa shape index (κ2) is 7.87. The largest absolute Gasteiger partial charge is 0.448 e. The SMILES string of the molecule is O=C(NCCC1SC(C(F)(F)F)(C(F)(F)F)OC1=O)OCc1ccccc1. The van der Waals surface area contributed by atoms with E-state index in [1.54, 1.807) is 30.3 Å². The highest BCUT2D eigenvalue weighted by molar-refractivity contribution is 8.02. The minimum Gasteiger partial charge on any atom is -0.445 e. The van der Waals surface area contributed by atoms with Crippen LogP contribution in [-0.2, 0) is 20.9 Å². The van der Waals surface area contributed by atoms with Crippen molar-refractivity contribution in [2.24, 2.45) is 0 Å². The summed E-state index contributed by atoms with van der Waals surface area (Å²) in [6.45, 7) is -0.440. The Bertz CT molecular complexity index is 665. The highest BCUT2D eigenvalue weighted by atomic mass is 32.2. The van der Waals surface area contributed by atoms with Crippen LogP contribution in [0.5, 0.6) is 0 Å². The zero-order valence-electron chi connectivity index (χ0n) is 13.4. The molecule has 1 aromatic carbocycles. The van der Waals surface area contributed by atoms with Gasteiger partial charge in [0.2, 0.25) is 0 Å². The van der Waals surface area contributed by atoms with Crippen molar-refractivity contribution in [3.8, 4) is 0 Å². The van der Waals surface area contributed by atoms with Crippen LogP contribution in [0.15, 0.2) is 30.3 Å². The molecule has 0 aromatic heterocycles. The van der Waals surface area contributed by atoms with E-state index in [9.17, 15) is 35.9 Å². The zero-order chi connectivity index (χ0) is 20.3. The first-order valence-corrected chi connectivity index (χ1v) is 8.33. The molecule has 5 nitrogen and oxygen atoms in total. The molecule has 0 bridgehead atoms. The summed E-state index contributed by atoms with van der Waals surface area (Å²) in [4.78, 5) is 18.4. The molecule has 1 aromatic rings. The van der Waals surface area contributed by atoms with Gasteiger partial charge in [-0.15, -0.1) is 0 Å². The number of alkyl halides is 6. The van der Waals surface area contributed by atoms with Crippen LogP contribution in [0.4, 0.5) is 31.1 Å². The van der Waals surface area contributed by atoms with E-state index in [0.29, 0.717) is 5.56 Å². The Kier molecular flexibility index (Phi) is 6.17. The Morgan fingerprint density at radius 3 is 2.26 bits per heavy atom. The van der Waals surface area contributed by atoms with Crippen LogP contribution >= 0.6 is 11.8 Å². The Balaban J connectivity index is 1.86. The zero-order valence-corrected chi connectivity index (χ0v) is 14.2. The fourth-order valence-electron chi connectivity index (χ4n) is 2.15. The molecule has 1 aliphatic rings. The number of hydrogen-bond donors (Lipinski definition) is 1. The van der Waals surface area contributed by atoms with E-state index < -0.39 is 52.8 Å². The van der Waals surface area contributed by atoms with Crippen molar-refractivity contribution in [3.05, 3.63) is 35.9 Å². The normalized spacial score (nSPS) is 19.5. The molecule has 1 amide bonds. The number of benzene rings is 1. The number of hydrogen-bond acceptors (Lipinski definition) is 5. The average Bonchev–Trinajstić information content (AvgIpc) is 2.92. The van der Waals surface area contributed by atoms with E-state index in [0.717, 1.165) is 0 Å². The summed E-state index contributed by atoms with van der Waals surface area (Å²) in [6, 6.07) is 8.56. The van der Waals surface area contributed by atoms with E-state index in [1.165, 1.54) is 0 Å². The average molecular weight is 417 g/mol. The van der Waals surface area contributed by atoms with Crippen molar-refractivity contribution in [2.45, 2.75) is 35.6 Å². The van der Waals surface area contributed by atoms with Gasteiger partial charge in [0, 0.05) is 6.54 Å². The molecule has 0 aliphatic carbocycles. The molecule has 1 saturated heterocycles. The van der Waals surface area contributed by atoms with Crippen LogP contribution in [0, 0.1) is 0 Å². The Morgan fingerprint density at radius 2 is 1.74 bits per heavy atom. The molecular weight excluding hydrogens is 404 g/mol. The minimum atomic E-state index is -5.83. The highest BCUT2D eigenvalue weighted by Gasteiger charge is 2.78. The molecule has 1 atom stereocenters. The first-order valence-electron chi connectivity index (χ1n) is 7.45. The highest BCUT2D eigenvalue weighted by Crippen LogP contribution is 2.58. The van der Waals surface area contributed by atoms with E-state index in [1.807, 2.05) is 0 Å².